The fourth-order valence-electron chi connectivity index (χ4n) is 2.00. The molecule has 3 aromatic rings. The lowest BCUT2D eigenvalue weighted by atomic mass is 10.1. The van der Waals surface area contributed by atoms with Crippen LogP contribution in [0.2, 0.25) is 0 Å². The molecule has 0 unspecified atom stereocenters. The third kappa shape index (κ3) is 1.62. The number of aromatic nitrogens is 1. The Labute approximate surface area is 102 Å². The first kappa shape index (κ1) is 10.8. The summed E-state index contributed by atoms with van der Waals surface area (Å²) in [5, 5.41) is 0.709. The van der Waals surface area contributed by atoms with E-state index in [1.165, 1.54) is 18.4 Å². The molecule has 1 aromatic carbocycles. The van der Waals surface area contributed by atoms with E-state index < -0.39 is 0 Å². The first-order chi connectivity index (χ1) is 8.65. The van der Waals surface area contributed by atoms with Gasteiger partial charge in [-0.25, -0.2) is 4.39 Å². The number of nitrogens with one attached hydrogen (secondary N) is 1. The van der Waals surface area contributed by atoms with Gasteiger partial charge in [-0.15, -0.1) is 0 Å². The molecular formula is C14H10FNO2. The smallest absolute Gasteiger partial charge is 0.198 e. The first-order valence-electron chi connectivity index (χ1n) is 5.51. The van der Waals surface area contributed by atoms with Crippen molar-refractivity contribution in [2.24, 2.45) is 0 Å². The molecule has 0 fully saturated rings. The molecule has 0 spiro atoms. The molecule has 0 radical (unpaired) electrons. The molecule has 4 heteroatoms. The second-order valence-corrected chi connectivity index (χ2v) is 4.17. The molecule has 0 bridgehead atoms. The number of hydrogen-bond donors (Lipinski definition) is 1. The molecule has 0 aliphatic rings. The molecule has 0 atom stereocenters. The number of carbonyl (C=O) groups excluding carboxylic acids is 1. The number of ketones is 1. The summed E-state index contributed by atoms with van der Waals surface area (Å²) in [6.45, 7) is 1.78. The van der Waals surface area contributed by atoms with Gasteiger partial charge in [0.15, 0.2) is 5.78 Å². The van der Waals surface area contributed by atoms with Crippen LogP contribution < -0.4 is 0 Å². The fraction of sp³-hybridized carbons (Fsp3) is 0.0714. The van der Waals surface area contributed by atoms with Gasteiger partial charge in [0, 0.05) is 22.7 Å². The van der Waals surface area contributed by atoms with Gasteiger partial charge in [0.1, 0.15) is 17.8 Å². The van der Waals surface area contributed by atoms with Crippen molar-refractivity contribution < 1.29 is 13.6 Å². The molecule has 0 aliphatic heterocycles. The minimum absolute atomic E-state index is 0.135. The predicted molar refractivity (Wildman–Crippen MR) is 65.1 cm³/mol. The first-order valence-corrected chi connectivity index (χ1v) is 5.51. The van der Waals surface area contributed by atoms with Gasteiger partial charge in [-0.3, -0.25) is 4.79 Å². The van der Waals surface area contributed by atoms with Crippen molar-refractivity contribution in [1.29, 1.82) is 0 Å². The number of hydrogen-bond acceptors (Lipinski definition) is 2. The number of fused-ring (bicyclic) bond motifs is 1. The van der Waals surface area contributed by atoms with E-state index in [1.54, 1.807) is 25.3 Å². The van der Waals surface area contributed by atoms with Crippen molar-refractivity contribution in [3.8, 4) is 0 Å². The number of benzene rings is 1. The van der Waals surface area contributed by atoms with Crippen molar-refractivity contribution in [2.75, 3.05) is 0 Å². The van der Waals surface area contributed by atoms with E-state index in [0.717, 1.165) is 0 Å². The van der Waals surface area contributed by atoms with Crippen molar-refractivity contribution in [3.05, 3.63) is 59.4 Å². The van der Waals surface area contributed by atoms with E-state index >= 15 is 0 Å². The maximum Gasteiger partial charge on any atom is 0.198 e. The summed E-state index contributed by atoms with van der Waals surface area (Å²) in [5.41, 5.74) is 1.63. The molecule has 2 heterocycles. The van der Waals surface area contributed by atoms with E-state index in [4.69, 9.17) is 4.42 Å². The number of H-pyrrole nitrogens is 1. The highest BCUT2D eigenvalue weighted by Crippen LogP contribution is 2.22. The molecule has 0 aliphatic carbocycles. The number of carbonyl (C=O) groups is 1. The highest BCUT2D eigenvalue weighted by Gasteiger charge is 2.16. The highest BCUT2D eigenvalue weighted by atomic mass is 19.1. The second kappa shape index (κ2) is 3.84. The molecule has 0 saturated carbocycles. The van der Waals surface area contributed by atoms with Crippen LogP contribution in [0.1, 0.15) is 21.7 Å². The Kier molecular flexibility index (Phi) is 2.30. The van der Waals surface area contributed by atoms with Gasteiger partial charge in [-0.1, -0.05) is 0 Å². The average molecular weight is 243 g/mol. The Morgan fingerprint density at radius 2 is 2.17 bits per heavy atom. The monoisotopic (exact) mass is 243 g/mol. The molecule has 0 saturated heterocycles. The SMILES string of the molecule is Cc1cc(C(=O)c2c[nH]c3cc(F)ccc23)co1. The Morgan fingerprint density at radius 1 is 1.33 bits per heavy atom. The van der Waals surface area contributed by atoms with E-state index in [-0.39, 0.29) is 11.6 Å². The van der Waals surface area contributed by atoms with Crippen LogP contribution in [0.15, 0.2) is 41.1 Å². The largest absolute Gasteiger partial charge is 0.469 e. The minimum Gasteiger partial charge on any atom is -0.469 e. The molecule has 2 aromatic heterocycles. The summed E-state index contributed by atoms with van der Waals surface area (Å²) in [6, 6.07) is 5.99. The van der Waals surface area contributed by atoms with Crippen LogP contribution in [-0.4, -0.2) is 10.8 Å². The zero-order valence-corrected chi connectivity index (χ0v) is 9.66. The number of rotatable bonds is 2. The molecular weight excluding hydrogens is 233 g/mol. The quantitative estimate of drug-likeness (QED) is 0.701. The van der Waals surface area contributed by atoms with Crippen LogP contribution in [0.4, 0.5) is 4.39 Å². The highest BCUT2D eigenvalue weighted by molar-refractivity contribution is 6.16. The van der Waals surface area contributed by atoms with Gasteiger partial charge >= 0.3 is 0 Å². The second-order valence-electron chi connectivity index (χ2n) is 4.17. The van der Waals surface area contributed by atoms with Gasteiger partial charge in [0.25, 0.3) is 0 Å². The molecule has 18 heavy (non-hydrogen) atoms. The summed E-state index contributed by atoms with van der Waals surface area (Å²) < 4.78 is 18.2. The maximum atomic E-state index is 13.1. The lowest BCUT2D eigenvalue weighted by Gasteiger charge is -1.95. The Morgan fingerprint density at radius 3 is 2.89 bits per heavy atom. The summed E-state index contributed by atoms with van der Waals surface area (Å²) in [6.07, 6.45) is 3.02. The van der Waals surface area contributed by atoms with Crippen LogP contribution in [0.5, 0.6) is 0 Å². The minimum atomic E-state index is -0.331. The zero-order valence-electron chi connectivity index (χ0n) is 9.66. The Balaban J connectivity index is 2.12. The molecule has 3 rings (SSSR count). The van der Waals surface area contributed by atoms with Gasteiger partial charge in [-0.05, 0) is 31.2 Å². The Bertz CT molecular complexity index is 739. The maximum absolute atomic E-state index is 13.1. The third-order valence-corrected chi connectivity index (χ3v) is 2.88. The average Bonchev–Trinajstić information content (AvgIpc) is 2.94. The third-order valence-electron chi connectivity index (χ3n) is 2.88. The van der Waals surface area contributed by atoms with Crippen molar-refractivity contribution in [1.82, 2.24) is 4.98 Å². The Hall–Kier alpha value is -2.36. The van der Waals surface area contributed by atoms with Gasteiger partial charge in [0.2, 0.25) is 0 Å². The molecule has 1 N–H and O–H groups in total. The lowest BCUT2D eigenvalue weighted by Crippen LogP contribution is -1.98. The molecule has 3 nitrogen and oxygen atoms in total. The number of aromatic amines is 1. The van der Waals surface area contributed by atoms with E-state index in [2.05, 4.69) is 4.98 Å². The zero-order chi connectivity index (χ0) is 12.7. The van der Waals surface area contributed by atoms with E-state index in [1.807, 2.05) is 0 Å². The number of aryl methyl sites for hydroxylation is 1. The van der Waals surface area contributed by atoms with Crippen molar-refractivity contribution in [3.63, 3.8) is 0 Å². The van der Waals surface area contributed by atoms with Crippen LogP contribution in [0.25, 0.3) is 10.9 Å². The molecule has 0 amide bonds. The molecule has 90 valence electrons. The predicted octanol–water partition coefficient (Wildman–Crippen LogP) is 3.44. The van der Waals surface area contributed by atoms with Crippen molar-refractivity contribution >= 4 is 16.7 Å². The van der Waals surface area contributed by atoms with Crippen LogP contribution in [0.3, 0.4) is 0 Å². The fourth-order valence-corrected chi connectivity index (χ4v) is 2.00. The van der Waals surface area contributed by atoms with Gasteiger partial charge < -0.3 is 9.40 Å². The van der Waals surface area contributed by atoms with Crippen LogP contribution in [0, 0.1) is 12.7 Å². The number of halogens is 1. The van der Waals surface area contributed by atoms with Crippen LogP contribution in [-0.2, 0) is 0 Å². The van der Waals surface area contributed by atoms with Crippen LogP contribution >= 0.6 is 0 Å². The standard InChI is InChI=1S/C14H10FNO2/c1-8-4-9(7-18-8)14(17)12-6-16-13-5-10(15)2-3-11(12)13/h2-7,16H,1H3. The van der Waals surface area contributed by atoms with Crippen molar-refractivity contribution in [2.45, 2.75) is 6.92 Å². The topological polar surface area (TPSA) is 46.0 Å². The summed E-state index contributed by atoms with van der Waals surface area (Å²) >= 11 is 0. The summed E-state index contributed by atoms with van der Waals surface area (Å²) in [5.74, 6) is 0.219. The summed E-state index contributed by atoms with van der Waals surface area (Å²) in [7, 11) is 0. The van der Waals surface area contributed by atoms with Gasteiger partial charge in [0.05, 0.1) is 5.56 Å². The van der Waals surface area contributed by atoms with E-state index in [0.29, 0.717) is 27.8 Å². The van der Waals surface area contributed by atoms with Gasteiger partial charge in [-0.2, -0.15) is 0 Å². The number of furan rings is 1. The summed E-state index contributed by atoms with van der Waals surface area (Å²) in [4.78, 5) is 15.1. The lowest BCUT2D eigenvalue weighted by molar-refractivity contribution is 0.103. The van der Waals surface area contributed by atoms with E-state index in [9.17, 15) is 9.18 Å². The normalized spacial score (nSPS) is 11.0.